The summed E-state index contributed by atoms with van der Waals surface area (Å²) in [7, 11) is 5.58. The second-order valence-corrected chi connectivity index (χ2v) is 2.47. The van der Waals surface area contributed by atoms with Crippen molar-refractivity contribution in [3.8, 4) is 5.75 Å². The maximum absolute atomic E-state index is 5.58. The highest BCUT2D eigenvalue weighted by Gasteiger charge is 2.09. The van der Waals surface area contributed by atoms with Gasteiger partial charge in [-0.2, -0.15) is 0 Å². The van der Waals surface area contributed by atoms with Crippen molar-refractivity contribution in [3.05, 3.63) is 23.8 Å². The average Bonchev–Trinajstić information content (AvgIpc) is 2.33. The number of hydrogen-bond donors (Lipinski definition) is 0. The number of benzene rings is 1. The van der Waals surface area contributed by atoms with Gasteiger partial charge in [0.05, 0.1) is 6.61 Å². The van der Waals surface area contributed by atoms with E-state index >= 15 is 0 Å². The van der Waals surface area contributed by atoms with Crippen molar-refractivity contribution in [2.45, 2.75) is 6.42 Å². The first-order valence-corrected chi connectivity index (χ1v) is 3.37. The van der Waals surface area contributed by atoms with Crippen LogP contribution < -0.4 is 10.2 Å². The van der Waals surface area contributed by atoms with Crippen LogP contribution in [-0.4, -0.2) is 14.5 Å². The minimum absolute atomic E-state index is 0.804. The first kappa shape index (κ1) is 5.84. The molecule has 1 heterocycles. The molecule has 0 aromatic heterocycles. The van der Waals surface area contributed by atoms with Crippen LogP contribution in [0.4, 0.5) is 0 Å². The third-order valence-electron chi connectivity index (χ3n) is 1.71. The van der Waals surface area contributed by atoms with E-state index in [1.807, 2.05) is 18.2 Å². The van der Waals surface area contributed by atoms with E-state index in [1.165, 1.54) is 5.56 Å². The molecule has 10 heavy (non-hydrogen) atoms. The molecule has 1 aromatic rings. The minimum Gasteiger partial charge on any atom is -0.493 e. The number of fused-ring (bicyclic) bond motifs is 1. The predicted molar refractivity (Wildman–Crippen MR) is 41.0 cm³/mol. The smallest absolute Gasteiger partial charge is 0.122 e. The highest BCUT2D eigenvalue weighted by atomic mass is 16.5. The van der Waals surface area contributed by atoms with Crippen LogP contribution in [0.15, 0.2) is 18.2 Å². The van der Waals surface area contributed by atoms with Crippen LogP contribution in [0.2, 0.25) is 0 Å². The first-order valence-electron chi connectivity index (χ1n) is 3.37. The zero-order valence-electron chi connectivity index (χ0n) is 5.63. The van der Waals surface area contributed by atoms with Crippen LogP contribution in [0, 0.1) is 0 Å². The van der Waals surface area contributed by atoms with Gasteiger partial charge in [0, 0.05) is 6.42 Å². The molecule has 2 rings (SSSR count). The lowest BCUT2D eigenvalue weighted by Crippen LogP contribution is -2.00. The minimum atomic E-state index is 0.804. The van der Waals surface area contributed by atoms with E-state index in [0.29, 0.717) is 0 Å². The summed E-state index contributed by atoms with van der Waals surface area (Å²) < 4.78 is 5.30. The van der Waals surface area contributed by atoms with Crippen LogP contribution >= 0.6 is 0 Å². The number of ether oxygens (including phenoxy) is 1. The van der Waals surface area contributed by atoms with E-state index in [1.54, 1.807) is 0 Å². The Morgan fingerprint density at radius 3 is 3.20 bits per heavy atom. The second-order valence-electron chi connectivity index (χ2n) is 2.47. The van der Waals surface area contributed by atoms with Crippen LogP contribution in [0.3, 0.4) is 0 Å². The Labute approximate surface area is 61.4 Å². The van der Waals surface area contributed by atoms with Crippen LogP contribution in [0.5, 0.6) is 5.75 Å². The van der Waals surface area contributed by atoms with Crippen LogP contribution in [0.25, 0.3) is 0 Å². The Balaban J connectivity index is 2.52. The highest BCUT2D eigenvalue weighted by molar-refractivity contribution is 6.32. The zero-order valence-corrected chi connectivity index (χ0v) is 5.63. The van der Waals surface area contributed by atoms with Gasteiger partial charge in [-0.05, 0) is 11.6 Å². The lowest BCUT2D eigenvalue weighted by Gasteiger charge is -1.97. The van der Waals surface area contributed by atoms with E-state index in [2.05, 4.69) is 0 Å². The fourth-order valence-electron chi connectivity index (χ4n) is 1.21. The first-order chi connectivity index (χ1) is 4.86. The van der Waals surface area contributed by atoms with E-state index in [0.717, 1.165) is 24.2 Å². The van der Waals surface area contributed by atoms with Gasteiger partial charge < -0.3 is 4.74 Å². The number of rotatable bonds is 0. The summed E-state index contributed by atoms with van der Waals surface area (Å²) in [5.74, 6) is 0.995. The van der Waals surface area contributed by atoms with Crippen molar-refractivity contribution >= 4 is 13.3 Å². The summed E-state index contributed by atoms with van der Waals surface area (Å²) in [5.41, 5.74) is 2.06. The molecule has 0 spiro atoms. The molecule has 1 nitrogen and oxygen atoms in total. The van der Waals surface area contributed by atoms with Crippen molar-refractivity contribution < 1.29 is 4.74 Å². The molecule has 1 aliphatic rings. The largest absolute Gasteiger partial charge is 0.493 e. The normalized spacial score (nSPS) is 14.4. The van der Waals surface area contributed by atoms with Crippen molar-refractivity contribution in [3.63, 3.8) is 0 Å². The summed E-state index contributed by atoms with van der Waals surface area (Å²) in [6.45, 7) is 0.804. The molecule has 1 aliphatic heterocycles. The third kappa shape index (κ3) is 0.802. The molecule has 0 atom stereocenters. The summed E-state index contributed by atoms with van der Waals surface area (Å²) in [4.78, 5) is 0. The molecule has 0 saturated carbocycles. The van der Waals surface area contributed by atoms with Gasteiger partial charge in [0.2, 0.25) is 0 Å². The van der Waals surface area contributed by atoms with E-state index < -0.39 is 0 Å². The molecule has 48 valence electrons. The Morgan fingerprint density at radius 2 is 2.30 bits per heavy atom. The monoisotopic (exact) mass is 130 g/mol. The molecule has 0 bridgehead atoms. The van der Waals surface area contributed by atoms with Gasteiger partial charge in [-0.25, -0.2) is 0 Å². The molecule has 0 saturated heterocycles. The van der Waals surface area contributed by atoms with Crippen molar-refractivity contribution in [1.82, 2.24) is 0 Å². The lowest BCUT2D eigenvalue weighted by atomic mass is 9.94. The molecule has 2 radical (unpaired) electrons. The average molecular weight is 130 g/mol. The molecule has 0 amide bonds. The topological polar surface area (TPSA) is 9.23 Å². The summed E-state index contributed by atoms with van der Waals surface area (Å²) in [5, 5.41) is 0. The van der Waals surface area contributed by atoms with Gasteiger partial charge in [-0.15, -0.1) is 0 Å². The molecule has 0 N–H and O–H groups in total. The summed E-state index contributed by atoms with van der Waals surface area (Å²) in [6, 6.07) is 5.77. The summed E-state index contributed by atoms with van der Waals surface area (Å²) >= 11 is 0. The molecular formula is C8H7BO. The van der Waals surface area contributed by atoms with Crippen molar-refractivity contribution in [1.29, 1.82) is 0 Å². The Hall–Kier alpha value is -0.915. The van der Waals surface area contributed by atoms with Gasteiger partial charge >= 0.3 is 0 Å². The molecule has 0 aliphatic carbocycles. The summed E-state index contributed by atoms with van der Waals surface area (Å²) in [6.07, 6.45) is 1.00. The Bertz CT molecular complexity index is 257. The van der Waals surface area contributed by atoms with E-state index in [9.17, 15) is 0 Å². The predicted octanol–water partition coefficient (Wildman–Crippen LogP) is 0.415. The van der Waals surface area contributed by atoms with Crippen LogP contribution in [-0.2, 0) is 6.42 Å². The van der Waals surface area contributed by atoms with Crippen molar-refractivity contribution in [2.75, 3.05) is 6.61 Å². The Morgan fingerprint density at radius 1 is 1.40 bits per heavy atom. The third-order valence-corrected chi connectivity index (χ3v) is 1.71. The Kier molecular flexibility index (Phi) is 1.19. The standard InChI is InChI=1S/C8H7BO/c9-7-1-2-8-6(5-7)3-4-10-8/h1-2,5H,3-4H2. The second kappa shape index (κ2) is 2.05. The van der Waals surface area contributed by atoms with Gasteiger partial charge in [0.1, 0.15) is 13.6 Å². The molecular weight excluding hydrogens is 123 g/mol. The van der Waals surface area contributed by atoms with Gasteiger partial charge in [-0.3, -0.25) is 0 Å². The fourth-order valence-corrected chi connectivity index (χ4v) is 1.21. The van der Waals surface area contributed by atoms with Crippen molar-refractivity contribution in [2.24, 2.45) is 0 Å². The molecule has 1 aromatic carbocycles. The maximum atomic E-state index is 5.58. The fraction of sp³-hybridized carbons (Fsp3) is 0.250. The highest BCUT2D eigenvalue weighted by Crippen LogP contribution is 2.22. The molecule has 0 fully saturated rings. The molecule has 2 heteroatoms. The van der Waals surface area contributed by atoms with E-state index in [-0.39, 0.29) is 0 Å². The lowest BCUT2D eigenvalue weighted by molar-refractivity contribution is 0.357. The van der Waals surface area contributed by atoms with Gasteiger partial charge in [0.25, 0.3) is 0 Å². The SMILES string of the molecule is [B]c1ccc2c(c1)CCO2. The number of hydrogen-bond acceptors (Lipinski definition) is 1. The van der Waals surface area contributed by atoms with E-state index in [4.69, 9.17) is 12.6 Å². The maximum Gasteiger partial charge on any atom is 0.122 e. The quantitative estimate of drug-likeness (QED) is 0.462. The van der Waals surface area contributed by atoms with Gasteiger partial charge in [0.15, 0.2) is 0 Å². The zero-order chi connectivity index (χ0) is 6.97. The molecule has 0 unspecified atom stereocenters. The van der Waals surface area contributed by atoms with Crippen LogP contribution in [0.1, 0.15) is 5.56 Å². The van der Waals surface area contributed by atoms with Gasteiger partial charge in [-0.1, -0.05) is 17.6 Å².